The molecule has 4 nitrogen and oxygen atoms in total. The van der Waals surface area contributed by atoms with E-state index in [4.69, 9.17) is 5.26 Å². The lowest BCUT2D eigenvalue weighted by atomic mass is 9.97. The van der Waals surface area contributed by atoms with Crippen LogP contribution in [0.4, 0.5) is 8.78 Å². The van der Waals surface area contributed by atoms with E-state index in [1.54, 1.807) is 42.5 Å². The van der Waals surface area contributed by atoms with Gasteiger partial charge in [-0.05, 0) is 48.0 Å². The fraction of sp³-hybridized carbons (Fsp3) is 0. The van der Waals surface area contributed by atoms with E-state index in [1.807, 2.05) is 0 Å². The number of hydrogen-bond acceptors (Lipinski definition) is 4. The van der Waals surface area contributed by atoms with Crippen molar-refractivity contribution in [2.75, 3.05) is 0 Å². The summed E-state index contributed by atoms with van der Waals surface area (Å²) in [5, 5.41) is 17.1. The van der Waals surface area contributed by atoms with Crippen molar-refractivity contribution < 1.29 is 8.78 Å². The van der Waals surface area contributed by atoms with E-state index in [0.717, 1.165) is 5.56 Å². The Balaban J connectivity index is 1.86. The monoisotopic (exact) mass is 370 g/mol. The van der Waals surface area contributed by atoms with Crippen molar-refractivity contribution in [1.82, 2.24) is 15.2 Å². The highest BCUT2D eigenvalue weighted by atomic mass is 19.1. The summed E-state index contributed by atoms with van der Waals surface area (Å²) >= 11 is 0. The molecule has 0 N–H and O–H groups in total. The molecule has 0 saturated carbocycles. The summed E-state index contributed by atoms with van der Waals surface area (Å²) in [5.74, 6) is -1.16. The molecular weight excluding hydrogens is 358 g/mol. The highest BCUT2D eigenvalue weighted by Crippen LogP contribution is 2.33. The Hall–Kier alpha value is -3.98. The Kier molecular flexibility index (Phi) is 4.56. The Morgan fingerprint density at radius 1 is 0.750 bits per heavy atom. The molecule has 0 aliphatic carbocycles. The average molecular weight is 370 g/mol. The van der Waals surface area contributed by atoms with Crippen LogP contribution in [0, 0.1) is 23.0 Å². The smallest absolute Gasteiger partial charge is 0.149 e. The van der Waals surface area contributed by atoms with E-state index in [9.17, 15) is 8.78 Å². The molecule has 0 unspecified atom stereocenters. The van der Waals surface area contributed by atoms with Crippen LogP contribution >= 0.6 is 0 Å². The molecule has 0 aliphatic rings. The van der Waals surface area contributed by atoms with E-state index in [0.29, 0.717) is 22.4 Å². The van der Waals surface area contributed by atoms with Crippen molar-refractivity contribution in [3.63, 3.8) is 0 Å². The van der Waals surface area contributed by atoms with Gasteiger partial charge in [-0.15, -0.1) is 5.10 Å². The molecule has 0 bridgehead atoms. The highest BCUT2D eigenvalue weighted by Gasteiger charge is 2.15. The fourth-order valence-corrected chi connectivity index (χ4v) is 2.94. The highest BCUT2D eigenvalue weighted by molar-refractivity contribution is 5.82. The van der Waals surface area contributed by atoms with Crippen LogP contribution in [0.25, 0.3) is 33.6 Å². The van der Waals surface area contributed by atoms with Crippen molar-refractivity contribution in [3.8, 4) is 39.7 Å². The van der Waals surface area contributed by atoms with Gasteiger partial charge in [-0.1, -0.05) is 18.2 Å². The number of halogens is 2. The van der Waals surface area contributed by atoms with Crippen molar-refractivity contribution in [1.29, 1.82) is 5.26 Å². The van der Waals surface area contributed by atoms with Gasteiger partial charge < -0.3 is 0 Å². The molecule has 4 aromatic rings. The van der Waals surface area contributed by atoms with Gasteiger partial charge in [0.25, 0.3) is 0 Å². The Morgan fingerprint density at radius 2 is 1.54 bits per heavy atom. The molecule has 0 aliphatic heterocycles. The first-order chi connectivity index (χ1) is 13.7. The van der Waals surface area contributed by atoms with Crippen LogP contribution in [0.3, 0.4) is 0 Å². The lowest BCUT2D eigenvalue weighted by Gasteiger charge is -2.11. The largest absolute Gasteiger partial charge is 0.253 e. The van der Waals surface area contributed by atoms with Crippen molar-refractivity contribution in [2.24, 2.45) is 0 Å². The first kappa shape index (κ1) is 17.4. The van der Waals surface area contributed by atoms with Gasteiger partial charge in [0, 0.05) is 22.9 Å². The van der Waals surface area contributed by atoms with Crippen LogP contribution in [0.15, 0.2) is 73.1 Å². The number of rotatable bonds is 3. The quantitative estimate of drug-likeness (QED) is 0.508. The Morgan fingerprint density at radius 3 is 2.29 bits per heavy atom. The third-order valence-electron chi connectivity index (χ3n) is 4.30. The van der Waals surface area contributed by atoms with Gasteiger partial charge in [-0.2, -0.15) is 10.4 Å². The van der Waals surface area contributed by atoms with Gasteiger partial charge in [-0.3, -0.25) is 4.98 Å². The SMILES string of the molecule is N#Cc1ccc(-c2nnccc2-c2ccc(F)c(-c3ncccc3F)c2)cc1. The van der Waals surface area contributed by atoms with Gasteiger partial charge in [0.1, 0.15) is 23.0 Å². The molecule has 2 heterocycles. The maximum atomic E-state index is 14.4. The molecule has 134 valence electrons. The molecule has 2 aromatic heterocycles. The van der Waals surface area contributed by atoms with Gasteiger partial charge in [0.2, 0.25) is 0 Å². The number of benzene rings is 2. The number of pyridine rings is 1. The first-order valence-corrected chi connectivity index (χ1v) is 8.40. The van der Waals surface area contributed by atoms with Crippen molar-refractivity contribution in [2.45, 2.75) is 0 Å². The molecular formula is C22H12F2N4. The molecule has 0 radical (unpaired) electrons. The predicted octanol–water partition coefficient (Wildman–Crippen LogP) is 5.02. The third-order valence-corrected chi connectivity index (χ3v) is 4.30. The second-order valence-corrected chi connectivity index (χ2v) is 6.01. The maximum Gasteiger partial charge on any atom is 0.149 e. The zero-order valence-electron chi connectivity index (χ0n) is 14.5. The van der Waals surface area contributed by atoms with Crippen LogP contribution in [0.2, 0.25) is 0 Å². The number of nitriles is 1. The summed E-state index contributed by atoms with van der Waals surface area (Å²) in [7, 11) is 0. The lowest BCUT2D eigenvalue weighted by molar-refractivity contribution is 0.611. The van der Waals surface area contributed by atoms with Gasteiger partial charge in [0.05, 0.1) is 17.8 Å². The second-order valence-electron chi connectivity index (χ2n) is 6.01. The van der Waals surface area contributed by atoms with Gasteiger partial charge in [-0.25, -0.2) is 8.78 Å². The molecule has 0 spiro atoms. The zero-order valence-corrected chi connectivity index (χ0v) is 14.5. The van der Waals surface area contributed by atoms with Crippen LogP contribution < -0.4 is 0 Å². The fourth-order valence-electron chi connectivity index (χ4n) is 2.94. The number of hydrogen-bond donors (Lipinski definition) is 0. The van der Waals surface area contributed by atoms with Crippen LogP contribution in [0.1, 0.15) is 5.56 Å². The van der Waals surface area contributed by atoms with E-state index >= 15 is 0 Å². The van der Waals surface area contributed by atoms with Crippen molar-refractivity contribution in [3.05, 3.63) is 90.3 Å². The maximum absolute atomic E-state index is 14.4. The Bertz CT molecular complexity index is 1200. The minimum Gasteiger partial charge on any atom is -0.253 e. The van der Waals surface area contributed by atoms with Crippen molar-refractivity contribution >= 4 is 0 Å². The normalized spacial score (nSPS) is 10.5. The molecule has 2 aromatic carbocycles. The standard InChI is InChI=1S/C22H12F2N4/c23-19-8-7-16(12-18(19)22-20(24)2-1-10-26-22)17-9-11-27-28-21(17)15-5-3-14(13-25)4-6-15/h1-12H. The molecule has 0 amide bonds. The summed E-state index contributed by atoms with van der Waals surface area (Å²) in [4.78, 5) is 3.97. The van der Waals surface area contributed by atoms with Crippen LogP contribution in [-0.2, 0) is 0 Å². The molecule has 0 atom stereocenters. The second kappa shape index (κ2) is 7.33. The summed E-state index contributed by atoms with van der Waals surface area (Å²) in [5.41, 5.74) is 3.24. The van der Waals surface area contributed by atoms with E-state index < -0.39 is 11.6 Å². The first-order valence-electron chi connectivity index (χ1n) is 8.40. The predicted molar refractivity (Wildman–Crippen MR) is 101 cm³/mol. The van der Waals surface area contributed by atoms with Gasteiger partial charge >= 0.3 is 0 Å². The minimum atomic E-state index is -0.598. The zero-order chi connectivity index (χ0) is 19.5. The number of aromatic nitrogens is 3. The summed E-state index contributed by atoms with van der Waals surface area (Å²) in [6.45, 7) is 0. The summed E-state index contributed by atoms with van der Waals surface area (Å²) < 4.78 is 28.5. The molecule has 4 rings (SSSR count). The minimum absolute atomic E-state index is 0.0520. The average Bonchev–Trinajstić information content (AvgIpc) is 2.75. The third kappa shape index (κ3) is 3.21. The molecule has 6 heteroatoms. The molecule has 0 saturated heterocycles. The van der Waals surface area contributed by atoms with Crippen LogP contribution in [-0.4, -0.2) is 15.2 Å². The molecule has 28 heavy (non-hydrogen) atoms. The summed E-state index contributed by atoms with van der Waals surface area (Å²) in [6.07, 6.45) is 2.95. The molecule has 0 fully saturated rings. The van der Waals surface area contributed by atoms with Gasteiger partial charge in [0.15, 0.2) is 0 Å². The van der Waals surface area contributed by atoms with E-state index in [2.05, 4.69) is 21.3 Å². The van der Waals surface area contributed by atoms with E-state index in [-0.39, 0.29) is 11.3 Å². The number of nitrogens with zero attached hydrogens (tertiary/aromatic N) is 4. The summed E-state index contributed by atoms with van der Waals surface area (Å²) in [6, 6.07) is 17.9. The topological polar surface area (TPSA) is 62.5 Å². The van der Waals surface area contributed by atoms with Crippen LogP contribution in [0.5, 0.6) is 0 Å². The Labute approximate surface area is 159 Å². The van der Waals surface area contributed by atoms with E-state index in [1.165, 1.54) is 30.6 Å². The lowest BCUT2D eigenvalue weighted by Crippen LogP contribution is -1.95.